The van der Waals surface area contributed by atoms with Gasteiger partial charge in [-0.25, -0.2) is 0 Å². The Balaban J connectivity index is 3.08. The summed E-state index contributed by atoms with van der Waals surface area (Å²) in [6.07, 6.45) is -0.140. The molecule has 0 radical (unpaired) electrons. The van der Waals surface area contributed by atoms with Gasteiger partial charge < -0.3 is 10.2 Å². The van der Waals surface area contributed by atoms with Crippen LogP contribution in [0.25, 0.3) is 0 Å². The highest BCUT2D eigenvalue weighted by atomic mass is 127. The Bertz CT molecular complexity index is 349. The zero-order valence-electron chi connectivity index (χ0n) is 6.42. The first-order chi connectivity index (χ1) is 6.00. The van der Waals surface area contributed by atoms with E-state index in [1.165, 1.54) is 0 Å². The zero-order valence-corrected chi connectivity index (χ0v) is 10.7. The van der Waals surface area contributed by atoms with Crippen LogP contribution in [-0.2, 0) is 11.2 Å². The van der Waals surface area contributed by atoms with Gasteiger partial charge in [-0.2, -0.15) is 0 Å². The van der Waals surface area contributed by atoms with Crippen molar-refractivity contribution in [3.8, 4) is 5.75 Å². The van der Waals surface area contributed by atoms with Crippen molar-refractivity contribution in [3.05, 3.63) is 24.8 Å². The van der Waals surface area contributed by atoms with Crippen LogP contribution in [0.15, 0.2) is 12.1 Å². The van der Waals surface area contributed by atoms with Gasteiger partial charge in [-0.1, -0.05) is 0 Å². The van der Waals surface area contributed by atoms with E-state index in [0.29, 0.717) is 5.56 Å². The summed E-state index contributed by atoms with van der Waals surface area (Å²) < 4.78 is 1.87. The Morgan fingerprint density at radius 3 is 2.38 bits per heavy atom. The average Bonchev–Trinajstić information content (AvgIpc) is 1.99. The van der Waals surface area contributed by atoms with Gasteiger partial charge in [0, 0.05) is 12.7 Å². The fourth-order valence-electron chi connectivity index (χ4n) is 0.882. The molecule has 3 nitrogen and oxygen atoms in total. The predicted molar refractivity (Wildman–Crippen MR) is 64.9 cm³/mol. The Morgan fingerprint density at radius 1 is 1.31 bits per heavy atom. The lowest BCUT2D eigenvalue weighted by Crippen LogP contribution is -2.01. The maximum atomic E-state index is 10.4. The molecule has 5 heteroatoms. The lowest BCUT2D eigenvalue weighted by Gasteiger charge is -2.03. The molecule has 0 saturated heterocycles. The second kappa shape index (κ2) is 4.45. The molecule has 0 amide bonds. The van der Waals surface area contributed by atoms with Crippen molar-refractivity contribution in [2.75, 3.05) is 0 Å². The van der Waals surface area contributed by atoms with Crippen LogP contribution in [0.2, 0.25) is 0 Å². The minimum Gasteiger partial charge on any atom is -0.508 e. The SMILES string of the molecule is O=C(O)Cc1cc(I)c(I)cc1O. The number of phenolic OH excluding ortho intramolecular Hbond substituents is 1. The Hall–Kier alpha value is -0.0500. The predicted octanol–water partition coefficient (Wildman–Crippen LogP) is 2.23. The van der Waals surface area contributed by atoms with Crippen LogP contribution in [0.5, 0.6) is 5.75 Å². The summed E-state index contributed by atoms with van der Waals surface area (Å²) in [6, 6.07) is 3.26. The van der Waals surface area contributed by atoms with Gasteiger partial charge in [0.05, 0.1) is 6.42 Å². The lowest BCUT2D eigenvalue weighted by molar-refractivity contribution is -0.136. The summed E-state index contributed by atoms with van der Waals surface area (Å²) in [5.41, 5.74) is 0.456. The summed E-state index contributed by atoms with van der Waals surface area (Å²) in [5, 5.41) is 17.9. The highest BCUT2D eigenvalue weighted by molar-refractivity contribution is 14.1. The van der Waals surface area contributed by atoms with Gasteiger partial charge in [-0.3, -0.25) is 4.79 Å². The number of aromatic hydroxyl groups is 1. The molecular formula is C8H6I2O3. The first kappa shape index (κ1) is 11.0. The van der Waals surface area contributed by atoms with E-state index in [4.69, 9.17) is 5.11 Å². The lowest BCUT2D eigenvalue weighted by atomic mass is 10.1. The molecule has 1 aromatic rings. The van der Waals surface area contributed by atoms with Crippen molar-refractivity contribution in [2.45, 2.75) is 6.42 Å². The molecule has 0 fully saturated rings. The summed E-state index contributed by atoms with van der Waals surface area (Å²) in [6.45, 7) is 0. The highest BCUT2D eigenvalue weighted by Crippen LogP contribution is 2.25. The second-order valence-corrected chi connectivity index (χ2v) is 4.79. The molecule has 0 aliphatic carbocycles. The number of carboxylic acid groups (broad SMARTS) is 1. The molecule has 0 aromatic heterocycles. The van der Waals surface area contributed by atoms with Crippen LogP contribution in [0.3, 0.4) is 0 Å². The Kier molecular flexibility index (Phi) is 3.77. The molecule has 0 unspecified atom stereocenters. The molecular weight excluding hydrogens is 398 g/mol. The molecule has 0 saturated carbocycles. The maximum absolute atomic E-state index is 10.4. The van der Waals surface area contributed by atoms with Crippen LogP contribution in [0.1, 0.15) is 5.56 Å². The Morgan fingerprint density at radius 2 is 1.85 bits per heavy atom. The van der Waals surface area contributed by atoms with Crippen LogP contribution in [0, 0.1) is 7.14 Å². The summed E-state index contributed by atoms with van der Waals surface area (Å²) >= 11 is 4.19. The van der Waals surface area contributed by atoms with Gasteiger partial charge in [0.15, 0.2) is 0 Å². The molecule has 0 aliphatic heterocycles. The molecule has 1 rings (SSSR count). The van der Waals surface area contributed by atoms with Gasteiger partial charge in [-0.05, 0) is 57.3 Å². The van der Waals surface area contributed by atoms with Crippen molar-refractivity contribution < 1.29 is 15.0 Å². The van der Waals surface area contributed by atoms with E-state index in [0.717, 1.165) is 7.14 Å². The third-order valence-electron chi connectivity index (χ3n) is 1.46. The van der Waals surface area contributed by atoms with Crippen LogP contribution in [-0.4, -0.2) is 16.2 Å². The average molecular weight is 404 g/mol. The fraction of sp³-hybridized carbons (Fsp3) is 0.125. The molecule has 0 atom stereocenters. The number of hydrogen-bond donors (Lipinski definition) is 2. The molecule has 13 heavy (non-hydrogen) atoms. The number of rotatable bonds is 2. The number of carbonyl (C=O) groups is 1. The topological polar surface area (TPSA) is 57.5 Å². The molecule has 0 aliphatic rings. The van der Waals surface area contributed by atoms with Gasteiger partial charge in [0.1, 0.15) is 5.75 Å². The molecule has 1 aromatic carbocycles. The minimum atomic E-state index is -0.938. The van der Waals surface area contributed by atoms with Crippen molar-refractivity contribution in [1.82, 2.24) is 0 Å². The van der Waals surface area contributed by atoms with Crippen molar-refractivity contribution in [1.29, 1.82) is 0 Å². The van der Waals surface area contributed by atoms with Crippen molar-refractivity contribution in [2.24, 2.45) is 0 Å². The summed E-state index contributed by atoms with van der Waals surface area (Å²) in [4.78, 5) is 10.4. The second-order valence-electron chi connectivity index (χ2n) is 2.47. The monoisotopic (exact) mass is 404 g/mol. The van der Waals surface area contributed by atoms with Crippen molar-refractivity contribution >= 4 is 51.2 Å². The Labute approximate surface area is 102 Å². The van der Waals surface area contributed by atoms with Gasteiger partial charge in [0.2, 0.25) is 0 Å². The van der Waals surface area contributed by atoms with Gasteiger partial charge in [0.25, 0.3) is 0 Å². The van der Waals surface area contributed by atoms with Crippen LogP contribution in [0.4, 0.5) is 0 Å². The van der Waals surface area contributed by atoms with E-state index in [1.54, 1.807) is 12.1 Å². The first-order valence-corrected chi connectivity index (χ1v) is 5.55. The normalized spacial score (nSPS) is 10.0. The number of benzene rings is 1. The minimum absolute atomic E-state index is 0.0483. The summed E-state index contributed by atoms with van der Waals surface area (Å²) in [7, 11) is 0. The number of phenols is 1. The van der Waals surface area contributed by atoms with Gasteiger partial charge >= 0.3 is 5.97 Å². The standard InChI is InChI=1S/C8H6I2O3/c9-5-1-4(2-8(12)13)7(11)3-6(5)10/h1,3,11H,2H2,(H,12,13). The third-order valence-corrected chi connectivity index (χ3v) is 4.28. The number of carboxylic acids is 1. The number of halogens is 2. The molecule has 0 spiro atoms. The molecule has 2 N–H and O–H groups in total. The van der Waals surface area contributed by atoms with Crippen molar-refractivity contribution in [3.63, 3.8) is 0 Å². The van der Waals surface area contributed by atoms with Crippen LogP contribution < -0.4 is 0 Å². The van der Waals surface area contributed by atoms with E-state index in [-0.39, 0.29) is 12.2 Å². The maximum Gasteiger partial charge on any atom is 0.307 e. The van der Waals surface area contributed by atoms with Crippen LogP contribution >= 0.6 is 45.2 Å². The highest BCUT2D eigenvalue weighted by Gasteiger charge is 2.08. The van der Waals surface area contributed by atoms with E-state index in [1.807, 2.05) is 0 Å². The smallest absolute Gasteiger partial charge is 0.307 e. The zero-order chi connectivity index (χ0) is 10.0. The van der Waals surface area contributed by atoms with Gasteiger partial charge in [-0.15, -0.1) is 0 Å². The molecule has 0 heterocycles. The third kappa shape index (κ3) is 2.97. The van der Waals surface area contributed by atoms with E-state index in [2.05, 4.69) is 45.2 Å². The fourth-order valence-corrected chi connectivity index (χ4v) is 1.86. The quantitative estimate of drug-likeness (QED) is 0.744. The number of hydrogen-bond acceptors (Lipinski definition) is 2. The van der Waals surface area contributed by atoms with E-state index < -0.39 is 5.97 Å². The molecule has 70 valence electrons. The first-order valence-electron chi connectivity index (χ1n) is 3.39. The van der Waals surface area contributed by atoms with E-state index in [9.17, 15) is 9.90 Å². The number of aliphatic carboxylic acids is 1. The van der Waals surface area contributed by atoms with E-state index >= 15 is 0 Å². The molecule has 0 bridgehead atoms. The largest absolute Gasteiger partial charge is 0.508 e. The summed E-state index contributed by atoms with van der Waals surface area (Å²) in [5.74, 6) is -0.889.